The normalized spacial score (nSPS) is 25.6. The second kappa shape index (κ2) is 15.7. The summed E-state index contributed by atoms with van der Waals surface area (Å²) in [6.45, 7) is 6.15. The van der Waals surface area contributed by atoms with E-state index in [0.717, 1.165) is 19.4 Å². The molecule has 1 rings (SSSR count). The van der Waals surface area contributed by atoms with Crippen LogP contribution in [0.2, 0.25) is 0 Å². The molecule has 162 valence electrons. The summed E-state index contributed by atoms with van der Waals surface area (Å²) in [7, 11) is 2.07. The first-order chi connectivity index (χ1) is 13.1. The Morgan fingerprint density at radius 3 is 1.85 bits per heavy atom. The van der Waals surface area contributed by atoms with Crippen molar-refractivity contribution in [2.75, 3.05) is 20.2 Å². The first-order valence-electron chi connectivity index (χ1n) is 11.8. The standard InChI is InChI=1S/C23H47NO3/c1-4-6-8-10-11-12-13-15-17-24(3)22-20(25)19-21(26)23(22)27-18-16-14-9-7-5-2/h20-23,25-26H,4-19H2,1-3H3. The van der Waals surface area contributed by atoms with Gasteiger partial charge in [-0.2, -0.15) is 0 Å². The third-order valence-electron chi connectivity index (χ3n) is 6.02. The van der Waals surface area contributed by atoms with Crippen LogP contribution in [0, 0.1) is 0 Å². The summed E-state index contributed by atoms with van der Waals surface area (Å²) in [4.78, 5) is 2.22. The Kier molecular flexibility index (Phi) is 14.5. The maximum atomic E-state index is 10.4. The van der Waals surface area contributed by atoms with Gasteiger partial charge in [0.05, 0.1) is 18.2 Å². The van der Waals surface area contributed by atoms with Gasteiger partial charge in [0.25, 0.3) is 0 Å². The maximum Gasteiger partial charge on any atom is 0.101 e. The number of hydrogen-bond donors (Lipinski definition) is 2. The summed E-state index contributed by atoms with van der Waals surface area (Å²) in [6, 6.07) is -0.0693. The van der Waals surface area contributed by atoms with Gasteiger partial charge in [-0.15, -0.1) is 0 Å². The van der Waals surface area contributed by atoms with Crippen molar-refractivity contribution in [2.45, 2.75) is 128 Å². The molecule has 4 atom stereocenters. The Morgan fingerprint density at radius 1 is 0.741 bits per heavy atom. The van der Waals surface area contributed by atoms with E-state index in [1.807, 2.05) is 0 Å². The molecule has 2 N–H and O–H groups in total. The number of hydrogen-bond acceptors (Lipinski definition) is 4. The van der Waals surface area contributed by atoms with Crippen LogP contribution in [0.15, 0.2) is 0 Å². The minimum Gasteiger partial charge on any atom is -0.391 e. The van der Waals surface area contributed by atoms with Gasteiger partial charge in [-0.05, 0) is 26.4 Å². The molecule has 0 amide bonds. The molecule has 0 aromatic heterocycles. The Bertz CT molecular complexity index is 340. The quantitative estimate of drug-likeness (QED) is 0.349. The van der Waals surface area contributed by atoms with Crippen LogP contribution in [0.3, 0.4) is 0 Å². The van der Waals surface area contributed by atoms with E-state index in [-0.39, 0.29) is 12.1 Å². The number of aliphatic hydroxyl groups excluding tert-OH is 2. The molecular formula is C23H47NO3. The average Bonchev–Trinajstić information content (AvgIpc) is 2.93. The molecule has 0 aromatic carbocycles. The van der Waals surface area contributed by atoms with Crippen LogP contribution in [0.4, 0.5) is 0 Å². The van der Waals surface area contributed by atoms with Gasteiger partial charge in [-0.3, -0.25) is 4.90 Å². The second-order valence-corrected chi connectivity index (χ2v) is 8.57. The van der Waals surface area contributed by atoms with Crippen molar-refractivity contribution in [3.63, 3.8) is 0 Å². The van der Waals surface area contributed by atoms with E-state index in [0.29, 0.717) is 13.0 Å². The minimum absolute atomic E-state index is 0.0693. The number of aliphatic hydroxyl groups is 2. The second-order valence-electron chi connectivity index (χ2n) is 8.57. The molecule has 4 unspecified atom stereocenters. The maximum absolute atomic E-state index is 10.4. The van der Waals surface area contributed by atoms with Crippen LogP contribution in [0.5, 0.6) is 0 Å². The van der Waals surface area contributed by atoms with Gasteiger partial charge in [0.15, 0.2) is 0 Å². The fourth-order valence-electron chi connectivity index (χ4n) is 4.29. The van der Waals surface area contributed by atoms with E-state index < -0.39 is 12.2 Å². The van der Waals surface area contributed by atoms with Crippen molar-refractivity contribution < 1.29 is 14.9 Å². The zero-order valence-corrected chi connectivity index (χ0v) is 18.4. The van der Waals surface area contributed by atoms with Gasteiger partial charge in [0.2, 0.25) is 0 Å². The topological polar surface area (TPSA) is 52.9 Å². The minimum atomic E-state index is -0.540. The fourth-order valence-corrected chi connectivity index (χ4v) is 4.29. The highest BCUT2D eigenvalue weighted by atomic mass is 16.5. The highest BCUT2D eigenvalue weighted by Crippen LogP contribution is 2.28. The number of likely N-dealkylation sites (N-methyl/N-ethyl adjacent to an activating group) is 1. The lowest BCUT2D eigenvalue weighted by Gasteiger charge is -2.32. The summed E-state index contributed by atoms with van der Waals surface area (Å²) in [5.74, 6) is 0. The van der Waals surface area contributed by atoms with Gasteiger partial charge < -0.3 is 14.9 Å². The lowest BCUT2D eigenvalue weighted by molar-refractivity contribution is -0.0589. The van der Waals surface area contributed by atoms with E-state index in [2.05, 4.69) is 25.8 Å². The van der Waals surface area contributed by atoms with Gasteiger partial charge in [-0.25, -0.2) is 0 Å². The summed E-state index contributed by atoms with van der Waals surface area (Å²) in [5.41, 5.74) is 0. The van der Waals surface area contributed by atoms with Crippen molar-refractivity contribution in [1.82, 2.24) is 4.90 Å². The molecule has 27 heavy (non-hydrogen) atoms. The van der Waals surface area contributed by atoms with E-state index in [4.69, 9.17) is 4.74 Å². The molecule has 0 aromatic rings. The number of ether oxygens (including phenoxy) is 1. The molecule has 0 spiro atoms. The summed E-state index contributed by atoms with van der Waals surface area (Å²) < 4.78 is 6.03. The summed E-state index contributed by atoms with van der Waals surface area (Å²) >= 11 is 0. The monoisotopic (exact) mass is 385 g/mol. The zero-order valence-electron chi connectivity index (χ0n) is 18.4. The van der Waals surface area contributed by atoms with Crippen molar-refractivity contribution >= 4 is 0 Å². The molecule has 4 heteroatoms. The van der Waals surface area contributed by atoms with Crippen LogP contribution >= 0.6 is 0 Å². The van der Waals surface area contributed by atoms with Crippen LogP contribution in [0.1, 0.15) is 104 Å². The number of rotatable bonds is 17. The van der Waals surface area contributed by atoms with Gasteiger partial charge in [0, 0.05) is 13.0 Å². The molecule has 0 heterocycles. The third-order valence-corrected chi connectivity index (χ3v) is 6.02. The van der Waals surface area contributed by atoms with Gasteiger partial charge >= 0.3 is 0 Å². The van der Waals surface area contributed by atoms with Gasteiger partial charge in [0.1, 0.15) is 6.10 Å². The lowest BCUT2D eigenvalue weighted by Crippen LogP contribution is -2.47. The van der Waals surface area contributed by atoms with Crippen LogP contribution < -0.4 is 0 Å². The SMILES string of the molecule is CCCCCCCCCCN(C)C1C(O)CC(O)C1OCCCCCCC. The number of nitrogens with zero attached hydrogens (tertiary/aromatic N) is 1. The summed E-state index contributed by atoms with van der Waals surface area (Å²) in [5, 5.41) is 20.7. The molecule has 0 saturated heterocycles. The predicted molar refractivity (Wildman–Crippen MR) is 114 cm³/mol. The first kappa shape index (κ1) is 24.9. The van der Waals surface area contributed by atoms with E-state index in [1.165, 1.54) is 70.6 Å². The zero-order chi connectivity index (χ0) is 19.9. The fraction of sp³-hybridized carbons (Fsp3) is 1.00. The highest BCUT2D eigenvalue weighted by Gasteiger charge is 2.44. The molecule has 1 saturated carbocycles. The molecule has 0 bridgehead atoms. The molecular weight excluding hydrogens is 338 g/mol. The van der Waals surface area contributed by atoms with E-state index >= 15 is 0 Å². The largest absolute Gasteiger partial charge is 0.391 e. The molecule has 1 aliphatic carbocycles. The lowest BCUT2D eigenvalue weighted by atomic mass is 10.1. The number of unbranched alkanes of at least 4 members (excludes halogenated alkanes) is 11. The molecule has 1 aliphatic rings. The molecule has 0 aliphatic heterocycles. The van der Waals surface area contributed by atoms with E-state index in [9.17, 15) is 10.2 Å². The van der Waals surface area contributed by atoms with E-state index in [1.54, 1.807) is 0 Å². The smallest absolute Gasteiger partial charge is 0.101 e. The van der Waals surface area contributed by atoms with Crippen molar-refractivity contribution in [1.29, 1.82) is 0 Å². The predicted octanol–water partition coefficient (Wildman–Crippen LogP) is 4.91. The van der Waals surface area contributed by atoms with Crippen molar-refractivity contribution in [3.05, 3.63) is 0 Å². The van der Waals surface area contributed by atoms with Crippen molar-refractivity contribution in [2.24, 2.45) is 0 Å². The van der Waals surface area contributed by atoms with Gasteiger partial charge in [-0.1, -0.05) is 84.5 Å². The Morgan fingerprint density at radius 2 is 1.26 bits per heavy atom. The Hall–Kier alpha value is -0.160. The molecule has 4 nitrogen and oxygen atoms in total. The molecule has 1 fully saturated rings. The van der Waals surface area contributed by atoms with Crippen LogP contribution in [-0.4, -0.2) is 59.7 Å². The van der Waals surface area contributed by atoms with Crippen LogP contribution in [0.25, 0.3) is 0 Å². The average molecular weight is 386 g/mol. The molecule has 0 radical (unpaired) electrons. The first-order valence-corrected chi connectivity index (χ1v) is 11.8. The highest BCUT2D eigenvalue weighted by molar-refractivity contribution is 4.98. The van der Waals surface area contributed by atoms with Crippen LogP contribution in [-0.2, 0) is 4.74 Å². The summed E-state index contributed by atoms with van der Waals surface area (Å²) in [6.07, 6.45) is 15.7. The Labute approximate surface area is 168 Å². The Balaban J connectivity index is 2.23. The van der Waals surface area contributed by atoms with Crippen molar-refractivity contribution in [3.8, 4) is 0 Å². The third kappa shape index (κ3) is 10.3.